The number of rotatable bonds is 3. The van der Waals surface area contributed by atoms with Crippen molar-refractivity contribution in [3.05, 3.63) is 26.9 Å². The molecule has 2 heterocycles. The number of aliphatic hydroxyl groups excluding tert-OH is 1. The molecule has 5 heteroatoms. The first-order valence-electron chi connectivity index (χ1n) is 5.02. The average Bonchev–Trinajstić information content (AvgIpc) is 2.60. The molecular formula is C11H12BrNO2S. The van der Waals surface area contributed by atoms with Gasteiger partial charge in [0.25, 0.3) is 0 Å². The van der Waals surface area contributed by atoms with Gasteiger partial charge in [-0.25, -0.2) is 0 Å². The monoisotopic (exact) mass is 301 g/mol. The van der Waals surface area contributed by atoms with E-state index < -0.39 is 0 Å². The molecule has 1 N–H and O–H groups in total. The van der Waals surface area contributed by atoms with Gasteiger partial charge in [0.2, 0.25) is 5.91 Å². The average molecular weight is 302 g/mol. The molecule has 0 radical (unpaired) electrons. The first kappa shape index (κ1) is 11.8. The maximum atomic E-state index is 11.6. The first-order valence-corrected chi connectivity index (χ1v) is 6.63. The fraction of sp³-hybridized carbons (Fsp3) is 0.364. The number of amides is 1. The van der Waals surface area contributed by atoms with Gasteiger partial charge in [0.15, 0.2) is 0 Å². The standard InChI is InChI=1S/C11H12BrNO2S/c12-10-3-1-9(16-10)2-4-11(15)13-5-8(6-13)7-14/h1-4,8,14H,5-7H2. The van der Waals surface area contributed by atoms with Crippen LogP contribution in [0.3, 0.4) is 0 Å². The fourth-order valence-corrected chi connectivity index (χ4v) is 2.87. The highest BCUT2D eigenvalue weighted by molar-refractivity contribution is 9.11. The molecule has 2 rings (SSSR count). The molecule has 16 heavy (non-hydrogen) atoms. The van der Waals surface area contributed by atoms with Crippen LogP contribution in [0.25, 0.3) is 6.08 Å². The van der Waals surface area contributed by atoms with E-state index in [0.717, 1.165) is 8.66 Å². The van der Waals surface area contributed by atoms with Gasteiger partial charge < -0.3 is 10.0 Å². The molecule has 0 bridgehead atoms. The normalized spacial score (nSPS) is 16.8. The van der Waals surface area contributed by atoms with Crippen molar-refractivity contribution in [2.75, 3.05) is 19.7 Å². The van der Waals surface area contributed by atoms with Gasteiger partial charge >= 0.3 is 0 Å². The van der Waals surface area contributed by atoms with Gasteiger partial charge in [0.1, 0.15) is 0 Å². The summed E-state index contributed by atoms with van der Waals surface area (Å²) in [5.74, 6) is 0.294. The summed E-state index contributed by atoms with van der Waals surface area (Å²) in [6, 6.07) is 3.92. The number of aliphatic hydroxyl groups is 1. The smallest absolute Gasteiger partial charge is 0.246 e. The van der Waals surface area contributed by atoms with Crippen LogP contribution in [0.5, 0.6) is 0 Å². The minimum absolute atomic E-state index is 0.0224. The summed E-state index contributed by atoms with van der Waals surface area (Å²) in [6.07, 6.45) is 3.41. The van der Waals surface area contributed by atoms with E-state index in [1.807, 2.05) is 18.2 Å². The quantitative estimate of drug-likeness (QED) is 0.867. The van der Waals surface area contributed by atoms with Crippen molar-refractivity contribution in [3.8, 4) is 0 Å². The fourth-order valence-electron chi connectivity index (χ4n) is 1.54. The highest BCUT2D eigenvalue weighted by Gasteiger charge is 2.28. The van der Waals surface area contributed by atoms with Crippen LogP contribution in [0.4, 0.5) is 0 Å². The number of thiophene rings is 1. The number of hydrogen-bond donors (Lipinski definition) is 1. The molecule has 86 valence electrons. The SMILES string of the molecule is O=C(C=Cc1ccc(Br)s1)N1CC(CO)C1. The molecule has 1 aliphatic rings. The van der Waals surface area contributed by atoms with Crippen LogP contribution in [-0.2, 0) is 4.79 Å². The Kier molecular flexibility index (Phi) is 3.78. The second-order valence-corrected chi connectivity index (χ2v) is 6.26. The Morgan fingerprint density at radius 2 is 2.38 bits per heavy atom. The van der Waals surface area contributed by atoms with E-state index in [4.69, 9.17) is 5.11 Å². The molecule has 1 saturated heterocycles. The molecule has 0 aliphatic carbocycles. The molecule has 0 aromatic carbocycles. The molecule has 0 atom stereocenters. The number of likely N-dealkylation sites (tertiary alicyclic amines) is 1. The summed E-state index contributed by atoms with van der Waals surface area (Å²) in [5.41, 5.74) is 0. The molecule has 1 aromatic heterocycles. The van der Waals surface area contributed by atoms with E-state index in [9.17, 15) is 4.79 Å². The van der Waals surface area contributed by atoms with Crippen molar-refractivity contribution in [3.63, 3.8) is 0 Å². The molecule has 3 nitrogen and oxygen atoms in total. The predicted octanol–water partition coefficient (Wildman–Crippen LogP) is 1.97. The Hall–Kier alpha value is -0.650. The van der Waals surface area contributed by atoms with Crippen LogP contribution in [0.15, 0.2) is 22.0 Å². The number of carbonyl (C=O) groups is 1. The van der Waals surface area contributed by atoms with Crippen LogP contribution >= 0.6 is 27.3 Å². The van der Waals surface area contributed by atoms with Gasteiger partial charge in [-0.2, -0.15) is 0 Å². The molecule has 0 unspecified atom stereocenters. The van der Waals surface area contributed by atoms with Gasteiger partial charge in [0, 0.05) is 36.6 Å². The van der Waals surface area contributed by atoms with E-state index in [2.05, 4.69) is 15.9 Å². The summed E-state index contributed by atoms with van der Waals surface area (Å²) in [4.78, 5) is 14.4. The van der Waals surface area contributed by atoms with Crippen molar-refractivity contribution in [1.82, 2.24) is 4.90 Å². The highest BCUT2D eigenvalue weighted by Crippen LogP contribution is 2.23. The summed E-state index contributed by atoms with van der Waals surface area (Å²) >= 11 is 4.96. The largest absolute Gasteiger partial charge is 0.396 e. The maximum absolute atomic E-state index is 11.6. The predicted molar refractivity (Wildman–Crippen MR) is 68.2 cm³/mol. The van der Waals surface area contributed by atoms with Crippen LogP contribution < -0.4 is 0 Å². The molecule has 0 spiro atoms. The van der Waals surface area contributed by atoms with Crippen LogP contribution in [-0.4, -0.2) is 35.6 Å². The Morgan fingerprint density at radius 3 is 2.94 bits per heavy atom. The second-order valence-electron chi connectivity index (χ2n) is 3.77. The minimum Gasteiger partial charge on any atom is -0.396 e. The van der Waals surface area contributed by atoms with Crippen molar-refractivity contribution in [2.45, 2.75) is 0 Å². The third-order valence-corrected chi connectivity index (χ3v) is 4.10. The lowest BCUT2D eigenvalue weighted by Gasteiger charge is -2.37. The van der Waals surface area contributed by atoms with Crippen LogP contribution in [0.2, 0.25) is 0 Å². The zero-order valence-corrected chi connectivity index (χ0v) is 11.0. The van der Waals surface area contributed by atoms with Crippen molar-refractivity contribution in [2.24, 2.45) is 5.92 Å². The van der Waals surface area contributed by atoms with Gasteiger partial charge in [-0.3, -0.25) is 4.79 Å². The lowest BCUT2D eigenvalue weighted by atomic mass is 10.0. The number of hydrogen-bond acceptors (Lipinski definition) is 3. The Balaban J connectivity index is 1.86. The van der Waals surface area contributed by atoms with Gasteiger partial charge in [-0.15, -0.1) is 11.3 Å². The minimum atomic E-state index is 0.0224. The number of halogens is 1. The van der Waals surface area contributed by atoms with E-state index >= 15 is 0 Å². The molecule has 1 fully saturated rings. The number of carbonyl (C=O) groups excluding carboxylic acids is 1. The van der Waals surface area contributed by atoms with Crippen molar-refractivity contribution < 1.29 is 9.90 Å². The van der Waals surface area contributed by atoms with E-state index in [-0.39, 0.29) is 18.4 Å². The summed E-state index contributed by atoms with van der Waals surface area (Å²) in [5, 5.41) is 8.84. The lowest BCUT2D eigenvalue weighted by Crippen LogP contribution is -2.50. The summed E-state index contributed by atoms with van der Waals surface area (Å²) in [6.45, 7) is 1.52. The summed E-state index contributed by atoms with van der Waals surface area (Å²) in [7, 11) is 0. The second kappa shape index (κ2) is 5.12. The molecular weight excluding hydrogens is 290 g/mol. The third-order valence-electron chi connectivity index (χ3n) is 2.51. The van der Waals surface area contributed by atoms with E-state index in [1.165, 1.54) is 0 Å². The van der Waals surface area contributed by atoms with Crippen LogP contribution in [0, 0.1) is 5.92 Å². The van der Waals surface area contributed by atoms with Crippen molar-refractivity contribution >= 4 is 39.2 Å². The Bertz CT molecular complexity index is 410. The Morgan fingerprint density at radius 1 is 1.62 bits per heavy atom. The van der Waals surface area contributed by atoms with Crippen LogP contribution in [0.1, 0.15) is 4.88 Å². The van der Waals surface area contributed by atoms with Gasteiger partial charge in [0.05, 0.1) is 3.79 Å². The van der Waals surface area contributed by atoms with E-state index in [0.29, 0.717) is 13.1 Å². The zero-order valence-electron chi connectivity index (χ0n) is 8.60. The van der Waals surface area contributed by atoms with E-state index in [1.54, 1.807) is 22.3 Å². The Labute approximate surface area is 107 Å². The van der Waals surface area contributed by atoms with Gasteiger partial charge in [-0.1, -0.05) is 0 Å². The molecule has 1 amide bonds. The maximum Gasteiger partial charge on any atom is 0.246 e. The van der Waals surface area contributed by atoms with Crippen molar-refractivity contribution in [1.29, 1.82) is 0 Å². The highest BCUT2D eigenvalue weighted by atomic mass is 79.9. The zero-order chi connectivity index (χ0) is 11.5. The lowest BCUT2D eigenvalue weighted by molar-refractivity contribution is -0.132. The number of nitrogens with zero attached hydrogens (tertiary/aromatic N) is 1. The molecule has 0 saturated carbocycles. The van der Waals surface area contributed by atoms with Gasteiger partial charge in [-0.05, 0) is 34.1 Å². The summed E-state index contributed by atoms with van der Waals surface area (Å²) < 4.78 is 1.06. The molecule has 1 aromatic rings. The third kappa shape index (κ3) is 2.72. The topological polar surface area (TPSA) is 40.5 Å². The molecule has 1 aliphatic heterocycles. The first-order chi connectivity index (χ1) is 7.69.